The molecule has 0 fully saturated rings. The van der Waals surface area contributed by atoms with Crippen molar-refractivity contribution < 1.29 is 14.3 Å². The zero-order valence-corrected chi connectivity index (χ0v) is 13.3. The minimum absolute atomic E-state index is 0.295. The maximum Gasteiger partial charge on any atom is 0.341 e. The molecule has 0 atom stereocenters. The van der Waals surface area contributed by atoms with Gasteiger partial charge in [-0.2, -0.15) is 0 Å². The summed E-state index contributed by atoms with van der Waals surface area (Å²) >= 11 is 0. The van der Waals surface area contributed by atoms with Crippen LogP contribution in [-0.2, 0) is 17.6 Å². The fourth-order valence-electron chi connectivity index (χ4n) is 2.00. The summed E-state index contributed by atoms with van der Waals surface area (Å²) in [6, 6.07) is 4.02. The summed E-state index contributed by atoms with van der Waals surface area (Å²) < 4.78 is 11.0. The molecule has 0 bridgehead atoms. The number of hydrogen-bond donors (Lipinski definition) is 0. The van der Waals surface area contributed by atoms with Gasteiger partial charge in [0, 0.05) is 0 Å². The minimum atomic E-state index is -0.295. The molecule has 0 aliphatic rings. The van der Waals surface area contributed by atoms with E-state index in [2.05, 4.69) is 33.8 Å². The number of carbonyl (C=O) groups excluding carboxylic acids is 1. The van der Waals surface area contributed by atoms with Crippen molar-refractivity contribution in [2.24, 2.45) is 5.92 Å². The fourth-order valence-corrected chi connectivity index (χ4v) is 2.00. The van der Waals surface area contributed by atoms with Gasteiger partial charge >= 0.3 is 5.97 Å². The molecule has 112 valence electrons. The molecular weight excluding hydrogens is 252 g/mol. The SMILES string of the molecule is CCOC(=O)c1cc(CC)cc(CC)c1OCC(C)C. The second kappa shape index (κ2) is 7.93. The Labute approximate surface area is 122 Å². The van der Waals surface area contributed by atoms with Gasteiger partial charge in [0.05, 0.1) is 13.2 Å². The smallest absolute Gasteiger partial charge is 0.341 e. The van der Waals surface area contributed by atoms with Crippen LogP contribution in [0.1, 0.15) is 56.1 Å². The first kappa shape index (κ1) is 16.5. The van der Waals surface area contributed by atoms with Gasteiger partial charge in [0.25, 0.3) is 0 Å². The van der Waals surface area contributed by atoms with Crippen molar-refractivity contribution >= 4 is 5.97 Å². The van der Waals surface area contributed by atoms with Crippen LogP contribution < -0.4 is 4.74 Å². The summed E-state index contributed by atoms with van der Waals surface area (Å²) in [5.41, 5.74) is 2.78. The zero-order valence-electron chi connectivity index (χ0n) is 13.3. The molecule has 0 amide bonds. The molecule has 3 heteroatoms. The summed E-state index contributed by atoms with van der Waals surface area (Å²) in [4.78, 5) is 12.1. The highest BCUT2D eigenvalue weighted by Crippen LogP contribution is 2.28. The van der Waals surface area contributed by atoms with E-state index in [4.69, 9.17) is 9.47 Å². The molecule has 0 aliphatic carbocycles. The first-order valence-corrected chi connectivity index (χ1v) is 7.49. The Kier molecular flexibility index (Phi) is 6.56. The van der Waals surface area contributed by atoms with Crippen LogP contribution in [0.4, 0.5) is 0 Å². The minimum Gasteiger partial charge on any atom is -0.492 e. The van der Waals surface area contributed by atoms with Gasteiger partial charge in [-0.15, -0.1) is 0 Å². The van der Waals surface area contributed by atoms with Gasteiger partial charge in [0.2, 0.25) is 0 Å². The lowest BCUT2D eigenvalue weighted by atomic mass is 10.0. The number of aryl methyl sites for hydroxylation is 2. The van der Waals surface area contributed by atoms with Crippen LogP contribution in [0.2, 0.25) is 0 Å². The normalized spacial score (nSPS) is 10.7. The Morgan fingerprint density at radius 3 is 2.35 bits per heavy atom. The average molecular weight is 278 g/mol. The van der Waals surface area contributed by atoms with E-state index in [9.17, 15) is 4.79 Å². The van der Waals surface area contributed by atoms with Crippen molar-refractivity contribution in [1.82, 2.24) is 0 Å². The molecule has 20 heavy (non-hydrogen) atoms. The Morgan fingerprint density at radius 1 is 1.15 bits per heavy atom. The molecule has 0 spiro atoms. The Hall–Kier alpha value is -1.51. The lowest BCUT2D eigenvalue weighted by Crippen LogP contribution is -2.13. The molecule has 0 saturated heterocycles. The summed E-state index contributed by atoms with van der Waals surface area (Å²) in [5.74, 6) is 0.814. The lowest BCUT2D eigenvalue weighted by Gasteiger charge is -2.17. The van der Waals surface area contributed by atoms with E-state index in [1.165, 1.54) is 0 Å². The molecular formula is C17H26O3. The third kappa shape index (κ3) is 4.26. The molecule has 0 heterocycles. The van der Waals surface area contributed by atoms with Gasteiger partial charge in [0.1, 0.15) is 11.3 Å². The maximum atomic E-state index is 12.1. The van der Waals surface area contributed by atoms with Gasteiger partial charge < -0.3 is 9.47 Å². The van der Waals surface area contributed by atoms with Crippen LogP contribution in [0.15, 0.2) is 12.1 Å². The molecule has 1 aromatic carbocycles. The zero-order chi connectivity index (χ0) is 15.1. The van der Waals surface area contributed by atoms with Crippen molar-refractivity contribution in [3.05, 3.63) is 28.8 Å². The number of hydrogen-bond acceptors (Lipinski definition) is 3. The first-order valence-electron chi connectivity index (χ1n) is 7.49. The third-order valence-corrected chi connectivity index (χ3v) is 3.07. The standard InChI is InChI=1S/C17H26O3/c1-6-13-9-14(7-2)16(20-11-12(4)5)15(10-13)17(18)19-8-3/h9-10,12H,6-8,11H2,1-5H3. The molecule has 0 aliphatic heterocycles. The molecule has 0 N–H and O–H groups in total. The lowest BCUT2D eigenvalue weighted by molar-refractivity contribution is 0.0520. The van der Waals surface area contributed by atoms with E-state index >= 15 is 0 Å². The van der Waals surface area contributed by atoms with E-state index in [-0.39, 0.29) is 5.97 Å². The van der Waals surface area contributed by atoms with E-state index in [1.54, 1.807) is 0 Å². The van der Waals surface area contributed by atoms with Crippen LogP contribution in [0, 0.1) is 5.92 Å². The Bertz CT molecular complexity index is 450. The summed E-state index contributed by atoms with van der Waals surface area (Å²) in [7, 11) is 0. The van der Waals surface area contributed by atoms with Crippen LogP contribution in [0.3, 0.4) is 0 Å². The van der Waals surface area contributed by atoms with Crippen molar-refractivity contribution in [1.29, 1.82) is 0 Å². The second-order valence-electron chi connectivity index (χ2n) is 5.26. The molecule has 0 unspecified atom stereocenters. The summed E-state index contributed by atoms with van der Waals surface area (Å²) in [6.07, 6.45) is 1.73. The number of benzene rings is 1. The van der Waals surface area contributed by atoms with Crippen LogP contribution >= 0.6 is 0 Å². The molecule has 3 nitrogen and oxygen atoms in total. The van der Waals surface area contributed by atoms with Crippen molar-refractivity contribution in [2.75, 3.05) is 13.2 Å². The fraction of sp³-hybridized carbons (Fsp3) is 0.588. The van der Waals surface area contributed by atoms with Gasteiger partial charge in [-0.3, -0.25) is 0 Å². The van der Waals surface area contributed by atoms with Gasteiger partial charge in [-0.05, 0) is 42.9 Å². The van der Waals surface area contributed by atoms with Crippen molar-refractivity contribution in [3.63, 3.8) is 0 Å². The number of carbonyl (C=O) groups is 1. The number of ether oxygens (including phenoxy) is 2. The van der Waals surface area contributed by atoms with Crippen LogP contribution in [0.5, 0.6) is 5.75 Å². The maximum absolute atomic E-state index is 12.1. The topological polar surface area (TPSA) is 35.5 Å². The van der Waals surface area contributed by atoms with Crippen molar-refractivity contribution in [3.8, 4) is 5.75 Å². The second-order valence-corrected chi connectivity index (χ2v) is 5.26. The van der Waals surface area contributed by atoms with E-state index in [0.29, 0.717) is 30.4 Å². The third-order valence-electron chi connectivity index (χ3n) is 3.07. The van der Waals surface area contributed by atoms with Gasteiger partial charge in [0.15, 0.2) is 0 Å². The largest absolute Gasteiger partial charge is 0.492 e. The molecule has 1 rings (SSSR count). The van der Waals surface area contributed by atoms with Gasteiger partial charge in [-0.25, -0.2) is 4.79 Å². The monoisotopic (exact) mass is 278 g/mol. The highest BCUT2D eigenvalue weighted by atomic mass is 16.5. The first-order chi connectivity index (χ1) is 9.53. The highest BCUT2D eigenvalue weighted by Gasteiger charge is 2.18. The Balaban J connectivity index is 3.23. The highest BCUT2D eigenvalue weighted by molar-refractivity contribution is 5.93. The van der Waals surface area contributed by atoms with Crippen LogP contribution in [0.25, 0.3) is 0 Å². The van der Waals surface area contributed by atoms with E-state index < -0.39 is 0 Å². The molecule has 0 radical (unpaired) electrons. The molecule has 0 aromatic heterocycles. The average Bonchev–Trinajstić information content (AvgIpc) is 2.44. The summed E-state index contributed by atoms with van der Waals surface area (Å²) in [6.45, 7) is 11.1. The number of rotatable bonds is 7. The number of esters is 1. The Morgan fingerprint density at radius 2 is 1.85 bits per heavy atom. The van der Waals surface area contributed by atoms with Gasteiger partial charge in [-0.1, -0.05) is 33.8 Å². The van der Waals surface area contributed by atoms with E-state index in [0.717, 1.165) is 24.0 Å². The summed E-state index contributed by atoms with van der Waals surface area (Å²) in [5, 5.41) is 0. The van der Waals surface area contributed by atoms with E-state index in [1.807, 2.05) is 13.0 Å². The van der Waals surface area contributed by atoms with Crippen LogP contribution in [-0.4, -0.2) is 19.2 Å². The predicted molar refractivity (Wildman–Crippen MR) is 81.5 cm³/mol. The van der Waals surface area contributed by atoms with Crippen molar-refractivity contribution in [2.45, 2.75) is 47.5 Å². The quantitative estimate of drug-likeness (QED) is 0.707. The predicted octanol–water partition coefficient (Wildman–Crippen LogP) is 4.02. The molecule has 0 saturated carbocycles. The molecule has 1 aromatic rings.